The van der Waals surface area contributed by atoms with Crippen molar-refractivity contribution in [1.82, 2.24) is 4.98 Å². The van der Waals surface area contributed by atoms with Crippen LogP contribution in [0.15, 0.2) is 29.6 Å². The fourth-order valence-electron chi connectivity index (χ4n) is 1.25. The van der Waals surface area contributed by atoms with E-state index in [1.165, 1.54) is 5.38 Å². The normalized spacial score (nSPS) is 10.0. The van der Waals surface area contributed by atoms with E-state index >= 15 is 0 Å². The monoisotopic (exact) mass is 262 g/mol. The largest absolute Gasteiger partial charge is 0.399 e. The molecule has 0 radical (unpaired) electrons. The zero-order chi connectivity index (χ0) is 13.1. The van der Waals surface area contributed by atoms with Crippen LogP contribution in [0, 0.1) is 0 Å². The van der Waals surface area contributed by atoms with Crippen LogP contribution in [0.25, 0.3) is 0 Å². The van der Waals surface area contributed by atoms with Crippen molar-refractivity contribution in [1.29, 1.82) is 0 Å². The van der Waals surface area contributed by atoms with Gasteiger partial charge in [0.2, 0.25) is 0 Å². The first kappa shape index (κ1) is 12.1. The first-order valence-corrected chi connectivity index (χ1v) is 5.86. The lowest BCUT2D eigenvalue weighted by Gasteiger charge is -2.01. The number of primary amides is 1. The molecule has 6 nitrogen and oxygen atoms in total. The average Bonchev–Trinajstić information content (AvgIpc) is 2.78. The molecule has 0 unspecified atom stereocenters. The van der Waals surface area contributed by atoms with E-state index in [1.54, 1.807) is 24.3 Å². The minimum atomic E-state index is -0.626. The molecule has 2 rings (SSSR count). The zero-order valence-electron chi connectivity index (χ0n) is 9.21. The quantitative estimate of drug-likeness (QED) is 0.718. The second-order valence-corrected chi connectivity index (χ2v) is 4.34. The number of nitrogens with one attached hydrogen (secondary N) is 1. The Labute approximate surface area is 107 Å². The Balaban J connectivity index is 2.11. The lowest BCUT2D eigenvalue weighted by molar-refractivity contribution is 0.0992. The van der Waals surface area contributed by atoms with Crippen molar-refractivity contribution in [3.05, 3.63) is 40.9 Å². The Hall–Kier alpha value is -2.41. The highest BCUT2D eigenvalue weighted by Gasteiger charge is 2.10. The van der Waals surface area contributed by atoms with Crippen molar-refractivity contribution in [2.45, 2.75) is 0 Å². The molecule has 0 atom stereocenters. The van der Waals surface area contributed by atoms with Crippen LogP contribution in [0.4, 0.5) is 10.8 Å². The van der Waals surface area contributed by atoms with Crippen molar-refractivity contribution in [3.8, 4) is 0 Å². The number of amides is 2. The predicted molar refractivity (Wildman–Crippen MR) is 69.4 cm³/mol. The predicted octanol–water partition coefficient (Wildman–Crippen LogP) is 1.08. The van der Waals surface area contributed by atoms with Gasteiger partial charge in [-0.1, -0.05) is 0 Å². The van der Waals surface area contributed by atoms with Crippen molar-refractivity contribution >= 4 is 34.0 Å². The third-order valence-corrected chi connectivity index (χ3v) is 2.91. The Morgan fingerprint density at radius 2 is 1.89 bits per heavy atom. The molecule has 0 fully saturated rings. The molecular weight excluding hydrogens is 252 g/mol. The van der Waals surface area contributed by atoms with Crippen molar-refractivity contribution < 1.29 is 9.59 Å². The summed E-state index contributed by atoms with van der Waals surface area (Å²) < 4.78 is 0. The summed E-state index contributed by atoms with van der Waals surface area (Å²) in [6.07, 6.45) is 0. The van der Waals surface area contributed by atoms with E-state index in [0.29, 0.717) is 16.4 Å². The molecule has 0 aliphatic heterocycles. The molecule has 92 valence electrons. The summed E-state index contributed by atoms with van der Waals surface area (Å²) in [4.78, 5) is 26.5. The number of thiazole rings is 1. The molecule has 0 spiro atoms. The van der Waals surface area contributed by atoms with E-state index in [0.717, 1.165) is 11.3 Å². The van der Waals surface area contributed by atoms with Gasteiger partial charge in [-0.3, -0.25) is 14.9 Å². The van der Waals surface area contributed by atoms with Gasteiger partial charge < -0.3 is 11.5 Å². The van der Waals surface area contributed by atoms with E-state index in [2.05, 4.69) is 10.3 Å². The van der Waals surface area contributed by atoms with Gasteiger partial charge in [0.1, 0.15) is 5.69 Å². The number of hydrogen-bond acceptors (Lipinski definition) is 5. The molecule has 0 aliphatic rings. The number of hydrogen-bond donors (Lipinski definition) is 3. The van der Waals surface area contributed by atoms with Crippen LogP contribution in [0.1, 0.15) is 20.8 Å². The molecule has 0 saturated carbocycles. The number of anilines is 2. The Morgan fingerprint density at radius 1 is 1.22 bits per heavy atom. The van der Waals surface area contributed by atoms with Gasteiger partial charge in [-0.2, -0.15) is 0 Å². The molecule has 0 aliphatic carbocycles. The molecule has 1 aromatic heterocycles. The lowest BCUT2D eigenvalue weighted by atomic mass is 10.2. The molecule has 2 amide bonds. The van der Waals surface area contributed by atoms with Gasteiger partial charge in [0.05, 0.1) is 0 Å². The van der Waals surface area contributed by atoms with E-state index < -0.39 is 5.91 Å². The second-order valence-electron chi connectivity index (χ2n) is 3.48. The average molecular weight is 262 g/mol. The van der Waals surface area contributed by atoms with E-state index in [9.17, 15) is 9.59 Å². The highest BCUT2D eigenvalue weighted by atomic mass is 32.1. The minimum absolute atomic E-state index is 0.132. The van der Waals surface area contributed by atoms with Gasteiger partial charge in [0.15, 0.2) is 5.13 Å². The third-order valence-electron chi connectivity index (χ3n) is 2.15. The summed E-state index contributed by atoms with van der Waals surface area (Å²) in [6.45, 7) is 0. The maximum Gasteiger partial charge on any atom is 0.268 e. The van der Waals surface area contributed by atoms with Crippen LogP contribution in [-0.2, 0) is 0 Å². The van der Waals surface area contributed by atoms with Crippen LogP contribution in [0.3, 0.4) is 0 Å². The smallest absolute Gasteiger partial charge is 0.268 e. The van der Waals surface area contributed by atoms with Crippen molar-refractivity contribution in [2.24, 2.45) is 5.73 Å². The van der Waals surface area contributed by atoms with Gasteiger partial charge in [-0.05, 0) is 24.3 Å². The van der Waals surface area contributed by atoms with Crippen LogP contribution in [0.5, 0.6) is 0 Å². The molecule has 5 N–H and O–H groups in total. The maximum absolute atomic E-state index is 11.8. The number of rotatable bonds is 3. The standard InChI is InChI=1S/C11H10N4O2S/c12-7-3-1-6(2-4-7)10(17)15-11-14-8(5-18-11)9(13)16/h1-5H,12H2,(H2,13,16)(H,14,15,17). The van der Waals surface area contributed by atoms with Gasteiger partial charge in [0.25, 0.3) is 11.8 Å². The summed E-state index contributed by atoms with van der Waals surface area (Å²) in [5.41, 5.74) is 11.8. The van der Waals surface area contributed by atoms with Crippen LogP contribution >= 0.6 is 11.3 Å². The Bertz CT molecular complexity index is 591. The number of carbonyl (C=O) groups excluding carboxylic acids is 2. The summed E-state index contributed by atoms with van der Waals surface area (Å²) in [7, 11) is 0. The Morgan fingerprint density at radius 3 is 2.44 bits per heavy atom. The molecule has 1 heterocycles. The third kappa shape index (κ3) is 2.64. The fraction of sp³-hybridized carbons (Fsp3) is 0. The molecule has 2 aromatic rings. The molecular formula is C11H10N4O2S. The van der Waals surface area contributed by atoms with E-state index in [-0.39, 0.29) is 11.6 Å². The molecule has 1 aromatic carbocycles. The lowest BCUT2D eigenvalue weighted by Crippen LogP contribution is -2.14. The van der Waals surface area contributed by atoms with Crippen molar-refractivity contribution in [3.63, 3.8) is 0 Å². The van der Waals surface area contributed by atoms with Gasteiger partial charge in [-0.15, -0.1) is 11.3 Å². The number of aromatic nitrogens is 1. The summed E-state index contributed by atoms with van der Waals surface area (Å²) in [5.74, 6) is -0.945. The summed E-state index contributed by atoms with van der Waals surface area (Å²) >= 11 is 1.14. The fourth-order valence-corrected chi connectivity index (χ4v) is 1.94. The number of carbonyl (C=O) groups is 2. The first-order chi connectivity index (χ1) is 8.56. The number of benzene rings is 1. The highest BCUT2D eigenvalue weighted by Crippen LogP contribution is 2.16. The van der Waals surface area contributed by atoms with E-state index in [4.69, 9.17) is 11.5 Å². The minimum Gasteiger partial charge on any atom is -0.399 e. The maximum atomic E-state index is 11.8. The van der Waals surface area contributed by atoms with Crippen LogP contribution < -0.4 is 16.8 Å². The number of nitrogens with two attached hydrogens (primary N) is 2. The molecule has 0 saturated heterocycles. The molecule has 0 bridgehead atoms. The zero-order valence-corrected chi connectivity index (χ0v) is 10.0. The van der Waals surface area contributed by atoms with Crippen molar-refractivity contribution in [2.75, 3.05) is 11.1 Å². The first-order valence-electron chi connectivity index (χ1n) is 4.98. The number of nitrogen functional groups attached to an aromatic ring is 1. The summed E-state index contributed by atoms with van der Waals surface area (Å²) in [6, 6.07) is 6.47. The summed E-state index contributed by atoms with van der Waals surface area (Å²) in [5, 5.41) is 4.38. The highest BCUT2D eigenvalue weighted by molar-refractivity contribution is 7.14. The van der Waals surface area contributed by atoms with Gasteiger partial charge >= 0.3 is 0 Å². The Kier molecular flexibility index (Phi) is 3.24. The number of nitrogens with zero attached hydrogens (tertiary/aromatic N) is 1. The van der Waals surface area contributed by atoms with Gasteiger partial charge in [-0.25, -0.2) is 4.98 Å². The van der Waals surface area contributed by atoms with E-state index in [1.807, 2.05) is 0 Å². The van der Waals surface area contributed by atoms with Crippen LogP contribution in [0.2, 0.25) is 0 Å². The van der Waals surface area contributed by atoms with Crippen LogP contribution in [-0.4, -0.2) is 16.8 Å². The SMILES string of the molecule is NC(=O)c1csc(NC(=O)c2ccc(N)cc2)n1. The topological polar surface area (TPSA) is 111 Å². The van der Waals surface area contributed by atoms with Gasteiger partial charge in [0, 0.05) is 16.6 Å². The molecule has 7 heteroatoms. The molecule has 18 heavy (non-hydrogen) atoms. The second kappa shape index (κ2) is 4.84.